The Hall–Kier alpha value is -8.35. The summed E-state index contributed by atoms with van der Waals surface area (Å²) in [5, 5.41) is 14.9. The third kappa shape index (κ3) is 31.2. The molecule has 5 aliphatic heterocycles. The minimum Gasteiger partial charge on any atom is -0.459 e. The van der Waals surface area contributed by atoms with Crippen molar-refractivity contribution in [1.29, 1.82) is 0 Å². The maximum Gasteiger partial charge on any atom is 0.410 e. The molecule has 0 unspecified atom stereocenters. The summed E-state index contributed by atoms with van der Waals surface area (Å²) < 4.78 is 33.7. The molecule has 0 aliphatic carbocycles. The number of nitrogens with zero attached hydrogens (tertiary/aromatic N) is 8. The first-order chi connectivity index (χ1) is 45.7. The summed E-state index contributed by atoms with van der Waals surface area (Å²) in [7, 11) is 0. The molecule has 97 heavy (non-hydrogen) atoms. The zero-order valence-corrected chi connectivity index (χ0v) is 59.5. The lowest BCUT2D eigenvalue weighted by Crippen LogP contribution is -2.54. The molecule has 6 heterocycles. The Labute approximate surface area is 570 Å². The van der Waals surface area contributed by atoms with Crippen molar-refractivity contribution < 1.29 is 80.9 Å². The number of aromatic nitrogens is 1. The third-order valence-electron chi connectivity index (χ3n) is 14.8. The van der Waals surface area contributed by atoms with Gasteiger partial charge in [-0.3, -0.25) is 38.4 Å². The molecule has 0 spiro atoms. The first-order valence-corrected chi connectivity index (χ1v) is 33.8. The number of fused-ring (bicyclic) bond motifs is 1. The molecule has 0 atom stereocenters. The van der Waals surface area contributed by atoms with Gasteiger partial charge in [0.1, 0.15) is 28.3 Å². The van der Waals surface area contributed by atoms with E-state index in [0.717, 1.165) is 83.2 Å². The van der Waals surface area contributed by atoms with Crippen molar-refractivity contribution in [2.45, 2.75) is 145 Å². The molecule has 30 nitrogen and oxygen atoms in total. The number of piperazine rings is 5. The smallest absolute Gasteiger partial charge is 0.410 e. The Kier molecular flexibility index (Phi) is 35.6. The predicted octanol–water partition coefficient (Wildman–Crippen LogP) is 3.28. The first kappa shape index (κ1) is 82.9. The zero-order chi connectivity index (χ0) is 72.5. The number of hydrogen-bond donors (Lipinski definition) is 6. The predicted molar refractivity (Wildman–Crippen MR) is 360 cm³/mol. The second-order valence-electron chi connectivity index (χ2n) is 26.3. The molecule has 6 N–H and O–H groups in total. The fourth-order valence-electron chi connectivity index (χ4n) is 9.49. The molecule has 7 rings (SSSR count). The van der Waals surface area contributed by atoms with Crippen LogP contribution in [-0.4, -0.2) is 290 Å². The Balaban J connectivity index is 0.000000323. The molecule has 2 aromatic rings. The SMILES string of the molecule is CC(C)(C)OC(=O)N1CCNCC1.CCCCNC(=O)C(=O)N1CCN(C(=O)OC(C)(C)C)CC1.CCCCNC(=O)C(=O)N1CCN(C(=O)c2cc3ccc(F)cc3[nH]2)CC1.CCCCNC(=O)C(=O)N1CCNCC1.CCOC(=O)C(=O)N1CCN(C(=O)OC(C)(C)C)CC1. The number of benzene rings is 1. The summed E-state index contributed by atoms with van der Waals surface area (Å²) in [6.45, 7) is 36.0. The van der Waals surface area contributed by atoms with E-state index in [1.807, 2.05) is 62.3 Å². The summed E-state index contributed by atoms with van der Waals surface area (Å²) >= 11 is 0. The van der Waals surface area contributed by atoms with Crippen LogP contribution in [0.4, 0.5) is 18.8 Å². The number of ether oxygens (including phenoxy) is 4. The zero-order valence-electron chi connectivity index (χ0n) is 59.5. The maximum absolute atomic E-state index is 13.3. The molecular weight excluding hydrogens is 1260 g/mol. The third-order valence-corrected chi connectivity index (χ3v) is 14.8. The van der Waals surface area contributed by atoms with Crippen LogP contribution in [0.15, 0.2) is 24.3 Å². The number of carbonyl (C=O) groups excluding carboxylic acids is 12. The minimum absolute atomic E-state index is 0.169. The number of halogens is 1. The fourth-order valence-corrected chi connectivity index (χ4v) is 9.49. The Morgan fingerprint density at radius 1 is 0.423 bits per heavy atom. The van der Waals surface area contributed by atoms with Gasteiger partial charge < -0.3 is 89.7 Å². The lowest BCUT2D eigenvalue weighted by atomic mass is 10.2. The van der Waals surface area contributed by atoms with Gasteiger partial charge in [0.2, 0.25) is 0 Å². The number of rotatable bonds is 11. The fraction of sp³-hybridized carbons (Fsp3) is 0.697. The Morgan fingerprint density at radius 2 is 0.732 bits per heavy atom. The van der Waals surface area contributed by atoms with Gasteiger partial charge in [0.25, 0.3) is 5.91 Å². The number of nitrogens with one attached hydrogen (secondary N) is 6. The highest BCUT2D eigenvalue weighted by Gasteiger charge is 2.34. The number of unbranched alkanes of at least 4 members (excludes halogenated alkanes) is 3. The van der Waals surface area contributed by atoms with Gasteiger partial charge in [-0.1, -0.05) is 40.0 Å². The van der Waals surface area contributed by atoms with Crippen molar-refractivity contribution >= 4 is 82.4 Å². The highest BCUT2D eigenvalue weighted by atomic mass is 19.1. The molecule has 1 aromatic carbocycles. The van der Waals surface area contributed by atoms with Crippen LogP contribution in [0.1, 0.15) is 139 Å². The summed E-state index contributed by atoms with van der Waals surface area (Å²) in [4.78, 5) is 157. The standard InChI is InChI=1S/C19H23FN4O3.C15H27N3O4.C13H22N2O5.C10H19N3O2.C9H18N2O2/c1-2-3-6-21-17(25)19(27)24-9-7-23(8-10-24)18(26)16-11-13-4-5-14(20)12-15(13)22-16;1-5-6-7-16-12(19)13(20)17-8-10-18(11-9-17)14(21)22-15(2,3)4;1-5-19-11(17)10(16)14-6-8-15(9-7-14)12(18)20-13(2,3)4;1-2-3-4-12-9(14)10(15)13-7-5-11-6-8-13;1-9(2,3)13-8(12)11-6-4-10-5-7-11/h4-5,11-12,22H,2-3,6-10H2,1H3,(H,21,25);5-11H2,1-4H3,(H,16,19);5-9H2,1-4H3;11H,2-8H2,1H3,(H,12,14);10H,4-7H2,1-3H3. The molecule has 0 radical (unpaired) electrons. The highest BCUT2D eigenvalue weighted by molar-refractivity contribution is 6.36. The van der Waals surface area contributed by atoms with Gasteiger partial charge >= 0.3 is 65.6 Å². The van der Waals surface area contributed by atoms with Gasteiger partial charge in [0.15, 0.2) is 0 Å². The van der Waals surface area contributed by atoms with E-state index in [-0.39, 0.29) is 36.1 Å². The molecule has 31 heteroatoms. The number of carbonyl (C=O) groups is 12. The van der Waals surface area contributed by atoms with E-state index >= 15 is 0 Å². The van der Waals surface area contributed by atoms with E-state index in [4.69, 9.17) is 14.2 Å². The number of H-pyrrole nitrogens is 1. The molecule has 5 saturated heterocycles. The van der Waals surface area contributed by atoms with Gasteiger partial charge in [-0.25, -0.2) is 23.6 Å². The van der Waals surface area contributed by atoms with Crippen LogP contribution in [0.25, 0.3) is 10.9 Å². The summed E-state index contributed by atoms with van der Waals surface area (Å²) in [6.07, 6.45) is 4.53. The average molecular weight is 1370 g/mol. The second-order valence-corrected chi connectivity index (χ2v) is 26.3. The molecular formula is C66H109FN14O16. The average Bonchev–Trinajstić information content (AvgIpc) is 1.69. The summed E-state index contributed by atoms with van der Waals surface area (Å²) in [6, 6.07) is 6.00. The number of hydrogen-bond acceptors (Lipinski definition) is 18. The minimum atomic E-state index is -0.849. The van der Waals surface area contributed by atoms with Crippen molar-refractivity contribution in [2.75, 3.05) is 157 Å². The van der Waals surface area contributed by atoms with Crippen molar-refractivity contribution in [2.24, 2.45) is 0 Å². The van der Waals surface area contributed by atoms with Gasteiger partial charge in [-0.15, -0.1) is 0 Å². The van der Waals surface area contributed by atoms with E-state index in [1.165, 1.54) is 31.7 Å². The number of aromatic amines is 1. The van der Waals surface area contributed by atoms with Crippen molar-refractivity contribution in [3.63, 3.8) is 0 Å². The molecule has 1 aromatic heterocycles. The first-order valence-electron chi connectivity index (χ1n) is 33.8. The number of esters is 1. The molecule has 5 aliphatic rings. The lowest BCUT2D eigenvalue weighted by molar-refractivity contribution is -0.160. The molecule has 5 fully saturated rings. The van der Waals surface area contributed by atoms with E-state index in [9.17, 15) is 61.9 Å². The van der Waals surface area contributed by atoms with Crippen LogP contribution >= 0.6 is 0 Å². The molecule has 11 amide bonds. The molecule has 546 valence electrons. The van der Waals surface area contributed by atoms with E-state index in [1.54, 1.807) is 59.4 Å². The number of amides is 11. The summed E-state index contributed by atoms with van der Waals surface area (Å²) in [5.74, 6) is -5.19. The van der Waals surface area contributed by atoms with E-state index in [0.29, 0.717) is 122 Å². The molecule has 0 saturated carbocycles. The second kappa shape index (κ2) is 41.7. The highest BCUT2D eigenvalue weighted by Crippen LogP contribution is 2.20. The van der Waals surface area contributed by atoms with Crippen LogP contribution in [-0.2, 0) is 57.3 Å². The van der Waals surface area contributed by atoms with Crippen molar-refractivity contribution in [3.8, 4) is 0 Å². The van der Waals surface area contributed by atoms with Crippen LogP contribution in [0, 0.1) is 5.82 Å². The van der Waals surface area contributed by atoms with Gasteiger partial charge in [-0.05, 0) is 113 Å². The quantitative estimate of drug-likeness (QED) is 0.0814. The Bertz CT molecular complexity index is 2890. The van der Waals surface area contributed by atoms with Gasteiger partial charge in [0.05, 0.1) is 6.61 Å². The van der Waals surface area contributed by atoms with Crippen molar-refractivity contribution in [3.05, 3.63) is 35.8 Å². The summed E-state index contributed by atoms with van der Waals surface area (Å²) in [5.41, 5.74) is -0.524. The largest absolute Gasteiger partial charge is 0.459 e. The maximum atomic E-state index is 13.3. The van der Waals surface area contributed by atoms with Crippen LogP contribution < -0.4 is 26.6 Å². The van der Waals surface area contributed by atoms with E-state index < -0.39 is 64.6 Å². The normalized spacial score (nSPS) is 15.8. The van der Waals surface area contributed by atoms with Crippen LogP contribution in [0.3, 0.4) is 0 Å². The topological polar surface area (TPSA) is 344 Å². The van der Waals surface area contributed by atoms with Crippen LogP contribution in [0.5, 0.6) is 0 Å². The van der Waals surface area contributed by atoms with Gasteiger partial charge in [0, 0.05) is 161 Å². The van der Waals surface area contributed by atoms with Crippen LogP contribution in [0.2, 0.25) is 0 Å². The lowest BCUT2D eigenvalue weighted by Gasteiger charge is -2.35. The van der Waals surface area contributed by atoms with Gasteiger partial charge in [-0.2, -0.15) is 0 Å². The Morgan fingerprint density at radius 3 is 1.07 bits per heavy atom. The van der Waals surface area contributed by atoms with E-state index in [2.05, 4.69) is 36.3 Å². The monoisotopic (exact) mass is 1370 g/mol. The molecule has 0 bridgehead atoms. The van der Waals surface area contributed by atoms with Crippen molar-refractivity contribution in [1.82, 2.24) is 70.8 Å².